The predicted octanol–water partition coefficient (Wildman–Crippen LogP) is 1.61. The molecule has 0 spiro atoms. The number of likely N-dealkylation sites (N-methyl/N-ethyl adjacent to an activating group) is 1. The molecule has 0 aliphatic rings. The van der Waals surface area contributed by atoms with Gasteiger partial charge in [0.25, 0.3) is 0 Å². The molecule has 0 fully saturated rings. The lowest BCUT2D eigenvalue weighted by atomic mass is 9.99. The minimum absolute atomic E-state index is 0.0417. The molecule has 0 saturated heterocycles. The lowest BCUT2D eigenvalue weighted by Crippen LogP contribution is -2.53. The Bertz CT molecular complexity index is 708. The van der Waals surface area contributed by atoms with E-state index in [0.29, 0.717) is 6.42 Å². The number of nitrogens with one attached hydrogen (secondary N) is 3. The number of H-pyrrole nitrogens is 1. The van der Waals surface area contributed by atoms with Gasteiger partial charge in [0.15, 0.2) is 0 Å². The molecule has 130 valence electrons. The number of carbonyl (C=O) groups is 2. The van der Waals surface area contributed by atoms with Gasteiger partial charge in [0.1, 0.15) is 6.04 Å². The fourth-order valence-electron chi connectivity index (χ4n) is 2.82. The van der Waals surface area contributed by atoms with Crippen molar-refractivity contribution in [1.29, 1.82) is 0 Å². The number of hydrogen-bond acceptors (Lipinski definition) is 4. The van der Waals surface area contributed by atoms with Crippen molar-refractivity contribution < 1.29 is 14.3 Å². The van der Waals surface area contributed by atoms with Crippen LogP contribution in [0.4, 0.5) is 0 Å². The molecular weight excluding hydrogens is 306 g/mol. The van der Waals surface area contributed by atoms with Crippen molar-refractivity contribution in [2.45, 2.75) is 32.4 Å². The Hall–Kier alpha value is -2.34. The van der Waals surface area contributed by atoms with Crippen molar-refractivity contribution in [3.63, 3.8) is 0 Å². The average Bonchev–Trinajstić information content (AvgIpc) is 2.99. The van der Waals surface area contributed by atoms with Crippen LogP contribution in [0.3, 0.4) is 0 Å². The van der Waals surface area contributed by atoms with Crippen LogP contribution in [0.1, 0.15) is 19.4 Å². The van der Waals surface area contributed by atoms with Crippen LogP contribution in [-0.2, 0) is 20.7 Å². The maximum absolute atomic E-state index is 12.2. The number of para-hydroxylation sites is 1. The minimum Gasteiger partial charge on any atom is -0.468 e. The summed E-state index contributed by atoms with van der Waals surface area (Å²) in [7, 11) is 2.95. The Morgan fingerprint density at radius 1 is 1.25 bits per heavy atom. The van der Waals surface area contributed by atoms with Crippen LogP contribution in [0.15, 0.2) is 30.5 Å². The molecule has 1 amide bonds. The van der Waals surface area contributed by atoms with Crippen LogP contribution < -0.4 is 10.6 Å². The molecule has 1 heterocycles. The summed E-state index contributed by atoms with van der Waals surface area (Å²) in [6.45, 7) is 3.87. The number of aromatic amines is 1. The fourth-order valence-corrected chi connectivity index (χ4v) is 2.82. The van der Waals surface area contributed by atoms with Crippen molar-refractivity contribution in [2.24, 2.45) is 5.92 Å². The molecule has 1 aromatic heterocycles. The number of aromatic nitrogens is 1. The van der Waals surface area contributed by atoms with E-state index in [9.17, 15) is 9.59 Å². The van der Waals surface area contributed by atoms with Gasteiger partial charge in [-0.1, -0.05) is 32.0 Å². The van der Waals surface area contributed by atoms with Crippen LogP contribution in [0.2, 0.25) is 0 Å². The second-order valence-electron chi connectivity index (χ2n) is 6.14. The zero-order valence-corrected chi connectivity index (χ0v) is 14.6. The van der Waals surface area contributed by atoms with Gasteiger partial charge in [-0.2, -0.15) is 0 Å². The number of ether oxygens (including phenoxy) is 1. The van der Waals surface area contributed by atoms with Gasteiger partial charge in [-0.3, -0.25) is 14.9 Å². The lowest BCUT2D eigenvalue weighted by Gasteiger charge is -2.25. The van der Waals surface area contributed by atoms with Gasteiger partial charge in [0.2, 0.25) is 5.91 Å². The number of amides is 1. The number of fused-ring (bicyclic) bond motifs is 1. The normalized spacial score (nSPS) is 13.7. The van der Waals surface area contributed by atoms with Gasteiger partial charge in [0.05, 0.1) is 13.2 Å². The summed E-state index contributed by atoms with van der Waals surface area (Å²) >= 11 is 0. The van der Waals surface area contributed by atoms with Crippen molar-refractivity contribution >= 4 is 22.8 Å². The molecule has 0 radical (unpaired) electrons. The summed E-state index contributed by atoms with van der Waals surface area (Å²) in [5, 5.41) is 6.86. The number of benzene rings is 1. The highest BCUT2D eigenvalue weighted by molar-refractivity contribution is 5.86. The summed E-state index contributed by atoms with van der Waals surface area (Å²) in [6.07, 6.45) is 2.34. The maximum atomic E-state index is 12.2. The highest BCUT2D eigenvalue weighted by Crippen LogP contribution is 2.20. The summed E-state index contributed by atoms with van der Waals surface area (Å²) in [4.78, 5) is 27.5. The minimum atomic E-state index is -0.598. The third kappa shape index (κ3) is 3.94. The van der Waals surface area contributed by atoms with Gasteiger partial charge in [-0.25, -0.2) is 0 Å². The molecule has 1 unspecified atom stereocenters. The van der Waals surface area contributed by atoms with E-state index in [1.165, 1.54) is 7.11 Å². The van der Waals surface area contributed by atoms with Crippen LogP contribution in [0.25, 0.3) is 10.9 Å². The molecule has 6 nitrogen and oxygen atoms in total. The first-order valence-electron chi connectivity index (χ1n) is 8.08. The van der Waals surface area contributed by atoms with Gasteiger partial charge < -0.3 is 15.0 Å². The molecule has 6 heteroatoms. The smallest absolute Gasteiger partial charge is 0.323 e. The molecule has 0 aliphatic heterocycles. The number of esters is 1. The van der Waals surface area contributed by atoms with Crippen LogP contribution >= 0.6 is 0 Å². The highest BCUT2D eigenvalue weighted by atomic mass is 16.5. The molecule has 0 bridgehead atoms. The molecular formula is C18H25N3O3. The topological polar surface area (TPSA) is 83.2 Å². The molecule has 3 N–H and O–H groups in total. The standard InChI is InChI=1S/C18H25N3O3/c1-11(2)16(17(22)19-3)21-15(18(23)24-4)9-12-10-20-14-8-6-5-7-13(12)14/h5-8,10-11,15-16,20-21H,9H2,1-4H3,(H,19,22)/t15-,16?/m0/s1. The first kappa shape index (κ1) is 18.0. The quantitative estimate of drug-likeness (QED) is 0.673. The van der Waals surface area contributed by atoms with Gasteiger partial charge in [-0.15, -0.1) is 0 Å². The summed E-state index contributed by atoms with van der Waals surface area (Å²) < 4.78 is 4.92. The zero-order valence-electron chi connectivity index (χ0n) is 14.6. The van der Waals surface area contributed by atoms with Crippen molar-refractivity contribution in [1.82, 2.24) is 15.6 Å². The van der Waals surface area contributed by atoms with E-state index in [1.54, 1.807) is 7.05 Å². The second kappa shape index (κ2) is 7.97. The summed E-state index contributed by atoms with van der Waals surface area (Å²) in [5.74, 6) is -0.479. The average molecular weight is 331 g/mol. The van der Waals surface area contributed by atoms with E-state index in [4.69, 9.17) is 4.74 Å². The monoisotopic (exact) mass is 331 g/mol. The van der Waals surface area contributed by atoms with Crippen molar-refractivity contribution in [3.8, 4) is 0 Å². The molecule has 2 rings (SSSR count). The number of hydrogen-bond donors (Lipinski definition) is 3. The molecule has 24 heavy (non-hydrogen) atoms. The first-order valence-corrected chi connectivity index (χ1v) is 8.08. The maximum Gasteiger partial charge on any atom is 0.323 e. The van der Waals surface area contributed by atoms with Crippen LogP contribution in [0, 0.1) is 5.92 Å². The fraction of sp³-hybridized carbons (Fsp3) is 0.444. The third-order valence-corrected chi connectivity index (χ3v) is 4.16. The Kier molecular flexibility index (Phi) is 5.98. The van der Waals surface area contributed by atoms with E-state index >= 15 is 0 Å². The van der Waals surface area contributed by atoms with Crippen molar-refractivity contribution in [2.75, 3.05) is 14.2 Å². The summed E-state index contributed by atoms with van der Waals surface area (Å²) in [6, 6.07) is 6.85. The number of rotatable bonds is 7. The van der Waals surface area contributed by atoms with E-state index in [-0.39, 0.29) is 17.8 Å². The Balaban J connectivity index is 2.25. The summed E-state index contributed by atoms with van der Waals surface area (Å²) in [5.41, 5.74) is 2.02. The predicted molar refractivity (Wildman–Crippen MR) is 93.6 cm³/mol. The number of carbonyl (C=O) groups excluding carboxylic acids is 2. The molecule has 1 aromatic carbocycles. The first-order chi connectivity index (χ1) is 11.5. The van der Waals surface area contributed by atoms with E-state index in [1.807, 2.05) is 44.3 Å². The Labute approximate surface area is 142 Å². The van der Waals surface area contributed by atoms with Crippen molar-refractivity contribution in [3.05, 3.63) is 36.0 Å². The van der Waals surface area contributed by atoms with Gasteiger partial charge >= 0.3 is 5.97 Å². The molecule has 2 aromatic rings. The largest absolute Gasteiger partial charge is 0.468 e. The van der Waals surface area contributed by atoms with Crippen LogP contribution in [-0.4, -0.2) is 43.1 Å². The van der Waals surface area contributed by atoms with Gasteiger partial charge in [-0.05, 0) is 17.5 Å². The molecule has 2 atom stereocenters. The van der Waals surface area contributed by atoms with E-state index < -0.39 is 12.1 Å². The Morgan fingerprint density at radius 3 is 2.58 bits per heavy atom. The van der Waals surface area contributed by atoms with Crippen LogP contribution in [0.5, 0.6) is 0 Å². The molecule has 0 aliphatic carbocycles. The third-order valence-electron chi connectivity index (χ3n) is 4.16. The number of methoxy groups -OCH3 is 1. The van der Waals surface area contributed by atoms with E-state index in [2.05, 4.69) is 15.6 Å². The van der Waals surface area contributed by atoms with Gasteiger partial charge in [0, 0.05) is 30.6 Å². The Morgan fingerprint density at radius 2 is 1.96 bits per heavy atom. The lowest BCUT2D eigenvalue weighted by molar-refractivity contribution is -0.143. The van der Waals surface area contributed by atoms with E-state index in [0.717, 1.165) is 16.5 Å². The highest BCUT2D eigenvalue weighted by Gasteiger charge is 2.29. The molecule has 0 saturated carbocycles. The SMILES string of the molecule is CNC(=O)C(N[C@@H](Cc1c[nH]c2ccccc12)C(=O)OC)C(C)C. The zero-order chi connectivity index (χ0) is 17.7. The second-order valence-corrected chi connectivity index (χ2v) is 6.14.